The Labute approximate surface area is 180 Å². The maximum absolute atomic E-state index is 13.5. The molecule has 0 radical (unpaired) electrons. The first-order valence-corrected chi connectivity index (χ1v) is 10.2. The molecule has 1 amide bonds. The highest BCUT2D eigenvalue weighted by Gasteiger charge is 2.32. The molecule has 0 aliphatic carbocycles. The Kier molecular flexibility index (Phi) is 7.34. The third-order valence-corrected chi connectivity index (χ3v) is 4.86. The van der Waals surface area contributed by atoms with Crippen molar-refractivity contribution in [2.45, 2.75) is 32.6 Å². The molecule has 0 saturated heterocycles. The molecule has 0 fully saturated rings. The zero-order chi connectivity index (χ0) is 22.3. The topological polar surface area (TPSA) is 32.3 Å². The molecule has 0 aliphatic rings. The number of halogens is 3. The number of amides is 1. The Hall–Kier alpha value is -3.28. The predicted molar refractivity (Wildman–Crippen MR) is 117 cm³/mol. The van der Waals surface area contributed by atoms with Crippen LogP contribution in [0.4, 0.5) is 18.9 Å². The van der Waals surface area contributed by atoms with Gasteiger partial charge < -0.3 is 10.2 Å². The highest BCUT2D eigenvalue weighted by molar-refractivity contribution is 6.00. The minimum Gasteiger partial charge on any atom is -0.384 e. The van der Waals surface area contributed by atoms with E-state index in [-0.39, 0.29) is 18.7 Å². The van der Waals surface area contributed by atoms with Gasteiger partial charge >= 0.3 is 6.18 Å². The molecule has 3 aromatic rings. The highest BCUT2D eigenvalue weighted by atomic mass is 19.4. The largest absolute Gasteiger partial charge is 0.416 e. The summed E-state index contributed by atoms with van der Waals surface area (Å²) >= 11 is 0. The Morgan fingerprint density at radius 2 is 1.42 bits per heavy atom. The quantitative estimate of drug-likeness (QED) is 0.454. The Morgan fingerprint density at radius 1 is 0.871 bits per heavy atom. The average molecular weight is 426 g/mol. The summed E-state index contributed by atoms with van der Waals surface area (Å²) in [6.07, 6.45) is -3.74. The summed E-state index contributed by atoms with van der Waals surface area (Å²) in [5, 5.41) is 3.09. The van der Waals surface area contributed by atoms with Crippen molar-refractivity contribution >= 4 is 11.6 Å². The van der Waals surface area contributed by atoms with Crippen LogP contribution in [0.3, 0.4) is 0 Å². The highest BCUT2D eigenvalue weighted by Crippen LogP contribution is 2.32. The Bertz CT molecular complexity index is 947. The number of carbonyl (C=O) groups excluding carboxylic acids is 1. The predicted octanol–water partition coefficient (Wildman–Crippen LogP) is 6.37. The summed E-state index contributed by atoms with van der Waals surface area (Å²) in [7, 11) is 0. The standard InChI is InChI=1S/C25H25F3N2O/c1-2-15-29-23-14-13-21(25(26,27)28)16-22(23)24(31)30(17-19-9-5-3-6-10-19)18-20-11-7-4-8-12-20/h3-14,16,29H,2,15,17-18H2,1H3. The number of benzene rings is 3. The lowest BCUT2D eigenvalue weighted by molar-refractivity contribution is -0.137. The van der Waals surface area contributed by atoms with Gasteiger partial charge in [0.2, 0.25) is 0 Å². The summed E-state index contributed by atoms with van der Waals surface area (Å²) in [5.74, 6) is -0.447. The van der Waals surface area contributed by atoms with Gasteiger partial charge in [-0.3, -0.25) is 4.79 Å². The average Bonchev–Trinajstić information content (AvgIpc) is 2.77. The van der Waals surface area contributed by atoms with Crippen molar-refractivity contribution in [3.63, 3.8) is 0 Å². The van der Waals surface area contributed by atoms with E-state index in [2.05, 4.69) is 5.32 Å². The van der Waals surface area contributed by atoms with Gasteiger partial charge in [0.05, 0.1) is 11.1 Å². The molecule has 0 spiro atoms. The van der Waals surface area contributed by atoms with Gasteiger partial charge in [-0.15, -0.1) is 0 Å². The number of carbonyl (C=O) groups is 1. The first-order valence-electron chi connectivity index (χ1n) is 10.2. The van der Waals surface area contributed by atoms with Gasteiger partial charge in [-0.1, -0.05) is 67.6 Å². The molecule has 0 bridgehead atoms. The molecule has 31 heavy (non-hydrogen) atoms. The molecule has 0 saturated carbocycles. The number of hydrogen-bond donors (Lipinski definition) is 1. The van der Waals surface area contributed by atoms with Gasteiger partial charge in [0.15, 0.2) is 0 Å². The van der Waals surface area contributed by atoms with Crippen LogP contribution in [0, 0.1) is 0 Å². The smallest absolute Gasteiger partial charge is 0.384 e. The van der Waals surface area contributed by atoms with Crippen LogP contribution >= 0.6 is 0 Å². The van der Waals surface area contributed by atoms with Crippen LogP contribution < -0.4 is 5.32 Å². The molecule has 0 heterocycles. The van der Waals surface area contributed by atoms with Crippen molar-refractivity contribution in [1.82, 2.24) is 4.90 Å². The van der Waals surface area contributed by atoms with Crippen molar-refractivity contribution in [2.75, 3.05) is 11.9 Å². The molecule has 1 N–H and O–H groups in total. The lowest BCUT2D eigenvalue weighted by Crippen LogP contribution is -2.31. The van der Waals surface area contributed by atoms with E-state index in [1.165, 1.54) is 6.07 Å². The normalized spacial score (nSPS) is 11.2. The van der Waals surface area contributed by atoms with E-state index in [1.807, 2.05) is 67.6 Å². The van der Waals surface area contributed by atoms with Crippen LogP contribution in [-0.2, 0) is 19.3 Å². The minimum absolute atomic E-state index is 0.0233. The summed E-state index contributed by atoms with van der Waals surface area (Å²) in [4.78, 5) is 15.1. The summed E-state index contributed by atoms with van der Waals surface area (Å²) in [6, 6.07) is 22.1. The van der Waals surface area contributed by atoms with Crippen LogP contribution in [0.1, 0.15) is 40.4 Å². The van der Waals surface area contributed by atoms with Gasteiger partial charge in [0, 0.05) is 25.3 Å². The third kappa shape index (κ3) is 6.10. The fourth-order valence-corrected chi connectivity index (χ4v) is 3.29. The monoisotopic (exact) mass is 426 g/mol. The number of alkyl halides is 3. The van der Waals surface area contributed by atoms with Gasteiger partial charge in [0.25, 0.3) is 5.91 Å². The molecule has 0 atom stereocenters. The van der Waals surface area contributed by atoms with Crippen LogP contribution in [0.15, 0.2) is 78.9 Å². The number of nitrogens with zero attached hydrogens (tertiary/aromatic N) is 1. The third-order valence-electron chi connectivity index (χ3n) is 4.86. The van der Waals surface area contributed by atoms with E-state index < -0.39 is 17.6 Å². The Balaban J connectivity index is 2.00. The second-order valence-corrected chi connectivity index (χ2v) is 7.32. The molecular formula is C25H25F3N2O. The van der Waals surface area contributed by atoms with Crippen LogP contribution in [0.5, 0.6) is 0 Å². The van der Waals surface area contributed by atoms with Gasteiger partial charge in [-0.05, 0) is 35.7 Å². The number of rotatable bonds is 8. The van der Waals surface area contributed by atoms with Gasteiger partial charge in [0.1, 0.15) is 0 Å². The summed E-state index contributed by atoms with van der Waals surface area (Å²) in [6.45, 7) is 3.09. The lowest BCUT2D eigenvalue weighted by atomic mass is 10.0. The minimum atomic E-state index is -4.53. The molecule has 3 rings (SSSR count). The molecular weight excluding hydrogens is 401 g/mol. The maximum atomic E-state index is 13.5. The molecule has 0 unspecified atom stereocenters. The van der Waals surface area contributed by atoms with Crippen molar-refractivity contribution in [2.24, 2.45) is 0 Å². The second-order valence-electron chi connectivity index (χ2n) is 7.32. The van der Waals surface area contributed by atoms with E-state index in [0.29, 0.717) is 12.2 Å². The molecule has 162 valence electrons. The van der Waals surface area contributed by atoms with E-state index >= 15 is 0 Å². The summed E-state index contributed by atoms with van der Waals surface area (Å²) in [5.41, 5.74) is 1.40. The second kappa shape index (κ2) is 10.2. The van der Waals surface area contributed by atoms with E-state index in [1.54, 1.807) is 4.90 Å². The SMILES string of the molecule is CCCNc1ccc(C(F)(F)F)cc1C(=O)N(Cc1ccccc1)Cc1ccccc1. The zero-order valence-electron chi connectivity index (χ0n) is 17.3. The zero-order valence-corrected chi connectivity index (χ0v) is 17.3. The molecule has 3 nitrogen and oxygen atoms in total. The van der Waals surface area contributed by atoms with Crippen molar-refractivity contribution in [1.29, 1.82) is 0 Å². The fourth-order valence-electron chi connectivity index (χ4n) is 3.29. The first-order chi connectivity index (χ1) is 14.9. The van der Waals surface area contributed by atoms with Crippen molar-refractivity contribution in [3.8, 4) is 0 Å². The number of anilines is 1. The Morgan fingerprint density at radius 3 is 1.90 bits per heavy atom. The van der Waals surface area contributed by atoms with Crippen LogP contribution in [0.2, 0.25) is 0 Å². The van der Waals surface area contributed by atoms with E-state index in [4.69, 9.17) is 0 Å². The van der Waals surface area contributed by atoms with Crippen molar-refractivity contribution < 1.29 is 18.0 Å². The lowest BCUT2D eigenvalue weighted by Gasteiger charge is -2.25. The van der Waals surface area contributed by atoms with E-state index in [0.717, 1.165) is 29.7 Å². The fraction of sp³-hybridized carbons (Fsp3) is 0.240. The van der Waals surface area contributed by atoms with E-state index in [9.17, 15) is 18.0 Å². The molecule has 0 aromatic heterocycles. The van der Waals surface area contributed by atoms with Crippen molar-refractivity contribution in [3.05, 3.63) is 101 Å². The van der Waals surface area contributed by atoms with Gasteiger partial charge in [-0.2, -0.15) is 13.2 Å². The number of hydrogen-bond acceptors (Lipinski definition) is 2. The van der Waals surface area contributed by atoms with Crippen LogP contribution in [-0.4, -0.2) is 17.4 Å². The number of nitrogens with one attached hydrogen (secondary N) is 1. The maximum Gasteiger partial charge on any atom is 0.416 e. The van der Waals surface area contributed by atoms with Crippen LogP contribution in [0.25, 0.3) is 0 Å². The molecule has 3 aromatic carbocycles. The molecule has 0 aliphatic heterocycles. The van der Waals surface area contributed by atoms with Gasteiger partial charge in [-0.25, -0.2) is 0 Å². The first kappa shape index (κ1) is 22.4. The summed E-state index contributed by atoms with van der Waals surface area (Å²) < 4.78 is 40.1. The molecule has 6 heteroatoms.